The van der Waals surface area contributed by atoms with Crippen LogP contribution in [0.25, 0.3) is 0 Å². The topological polar surface area (TPSA) is 89.6 Å². The highest BCUT2D eigenvalue weighted by Gasteiger charge is 1.96. The van der Waals surface area contributed by atoms with Crippen LogP contribution >= 0.6 is 0 Å². The van der Waals surface area contributed by atoms with E-state index in [0.717, 1.165) is 12.2 Å². The molecule has 12 heavy (non-hydrogen) atoms. The predicted octanol–water partition coefficient (Wildman–Crippen LogP) is -0.481. The zero-order valence-electron chi connectivity index (χ0n) is 6.53. The summed E-state index contributed by atoms with van der Waals surface area (Å²) in [4.78, 5) is 20.5. The number of carboxylic acids is 1. The molecule has 0 spiro atoms. The van der Waals surface area contributed by atoms with Crippen LogP contribution in [0, 0.1) is 0 Å². The first-order chi connectivity index (χ1) is 5.66. The molecule has 0 aromatic carbocycles. The van der Waals surface area contributed by atoms with Crippen LogP contribution in [0.4, 0.5) is 0 Å². The summed E-state index contributed by atoms with van der Waals surface area (Å²) in [5, 5.41) is 8.12. The first kappa shape index (κ1) is 10.6. The zero-order chi connectivity index (χ0) is 9.40. The van der Waals surface area contributed by atoms with Gasteiger partial charge in [-0.3, -0.25) is 0 Å². The lowest BCUT2D eigenvalue weighted by molar-refractivity contribution is -0.138. The lowest BCUT2D eigenvalue weighted by Crippen LogP contribution is -2.08. The summed E-state index contributed by atoms with van der Waals surface area (Å²) in [5.74, 6) is -1.84. The third-order valence-corrected chi connectivity index (χ3v) is 0.955. The number of hydrogen-bond donors (Lipinski definition) is 2. The molecule has 0 bridgehead atoms. The predicted molar refractivity (Wildman–Crippen MR) is 41.4 cm³/mol. The molecule has 0 heterocycles. The maximum Gasteiger partial charge on any atom is 0.331 e. The zero-order valence-corrected chi connectivity index (χ0v) is 6.53. The molecule has 0 aromatic heterocycles. The summed E-state index contributed by atoms with van der Waals surface area (Å²) < 4.78 is 4.56. The van der Waals surface area contributed by atoms with Crippen molar-refractivity contribution in [3.8, 4) is 0 Å². The Morgan fingerprint density at radius 2 is 2.08 bits per heavy atom. The molecule has 0 unspecified atom stereocenters. The number of aliphatic carboxylic acids is 1. The van der Waals surface area contributed by atoms with Gasteiger partial charge in [-0.2, -0.15) is 0 Å². The van der Waals surface area contributed by atoms with E-state index in [2.05, 4.69) is 4.74 Å². The molecule has 0 radical (unpaired) electrons. The minimum absolute atomic E-state index is 0.222. The summed E-state index contributed by atoms with van der Waals surface area (Å²) in [5.41, 5.74) is 5.13. The summed E-state index contributed by atoms with van der Waals surface area (Å²) in [7, 11) is 0. The fourth-order valence-electron chi connectivity index (χ4n) is 0.444. The van der Waals surface area contributed by atoms with Gasteiger partial charge in [0.05, 0.1) is 6.61 Å². The Balaban J connectivity index is 3.53. The van der Waals surface area contributed by atoms with Crippen LogP contribution in [0.1, 0.15) is 6.42 Å². The van der Waals surface area contributed by atoms with Crippen LogP contribution in [-0.2, 0) is 14.3 Å². The van der Waals surface area contributed by atoms with Gasteiger partial charge in [0.1, 0.15) is 0 Å². The molecule has 68 valence electrons. The molecule has 0 amide bonds. The molecule has 0 aliphatic rings. The summed E-state index contributed by atoms with van der Waals surface area (Å²) in [6.45, 7) is 0.662. The van der Waals surface area contributed by atoms with Crippen molar-refractivity contribution in [2.24, 2.45) is 5.73 Å². The van der Waals surface area contributed by atoms with Gasteiger partial charge in [0.15, 0.2) is 0 Å². The number of esters is 1. The van der Waals surface area contributed by atoms with E-state index < -0.39 is 11.9 Å². The highest BCUT2D eigenvalue weighted by molar-refractivity contribution is 5.90. The lowest BCUT2D eigenvalue weighted by Gasteiger charge is -1.97. The van der Waals surface area contributed by atoms with Crippen molar-refractivity contribution >= 4 is 11.9 Å². The number of hydrogen-bond acceptors (Lipinski definition) is 4. The minimum Gasteiger partial charge on any atom is -0.478 e. The number of carboxylic acid groups (broad SMARTS) is 1. The van der Waals surface area contributed by atoms with Crippen molar-refractivity contribution in [1.29, 1.82) is 0 Å². The van der Waals surface area contributed by atoms with Gasteiger partial charge < -0.3 is 15.6 Å². The largest absolute Gasteiger partial charge is 0.478 e. The molecule has 3 N–H and O–H groups in total. The van der Waals surface area contributed by atoms with E-state index in [9.17, 15) is 9.59 Å². The Labute approximate surface area is 69.8 Å². The van der Waals surface area contributed by atoms with Crippen molar-refractivity contribution in [3.05, 3.63) is 12.2 Å². The normalized spacial score (nSPS) is 10.1. The maximum atomic E-state index is 10.6. The maximum absolute atomic E-state index is 10.6. The third kappa shape index (κ3) is 6.76. The Morgan fingerprint density at radius 3 is 2.58 bits per heavy atom. The summed E-state index contributed by atoms with van der Waals surface area (Å²) in [6.07, 6.45) is 2.16. The number of carbonyl (C=O) groups is 2. The van der Waals surface area contributed by atoms with Gasteiger partial charge in [-0.1, -0.05) is 0 Å². The SMILES string of the molecule is NCCCOC(=O)/C=C\C(=O)O. The second-order valence-electron chi connectivity index (χ2n) is 1.98. The van der Waals surface area contributed by atoms with Crippen molar-refractivity contribution in [3.63, 3.8) is 0 Å². The van der Waals surface area contributed by atoms with Crippen LogP contribution in [0.3, 0.4) is 0 Å². The van der Waals surface area contributed by atoms with Crippen molar-refractivity contribution in [2.45, 2.75) is 6.42 Å². The van der Waals surface area contributed by atoms with Crippen LogP contribution in [0.5, 0.6) is 0 Å². The van der Waals surface area contributed by atoms with Gasteiger partial charge in [-0.25, -0.2) is 9.59 Å². The molecule has 5 heteroatoms. The van der Waals surface area contributed by atoms with Gasteiger partial charge in [-0.15, -0.1) is 0 Å². The van der Waals surface area contributed by atoms with Crippen molar-refractivity contribution in [1.82, 2.24) is 0 Å². The molecular weight excluding hydrogens is 162 g/mol. The van der Waals surface area contributed by atoms with E-state index in [-0.39, 0.29) is 6.61 Å². The Kier molecular flexibility index (Phi) is 5.64. The second-order valence-corrected chi connectivity index (χ2v) is 1.98. The fraction of sp³-hybridized carbons (Fsp3) is 0.429. The number of rotatable bonds is 5. The molecule has 0 atom stereocenters. The Hall–Kier alpha value is -1.36. The third-order valence-electron chi connectivity index (χ3n) is 0.955. The first-order valence-corrected chi connectivity index (χ1v) is 3.44. The van der Waals surface area contributed by atoms with Gasteiger partial charge in [0.2, 0.25) is 0 Å². The van der Waals surface area contributed by atoms with E-state index >= 15 is 0 Å². The molecule has 0 aromatic rings. The number of ether oxygens (including phenoxy) is 1. The van der Waals surface area contributed by atoms with Gasteiger partial charge in [0, 0.05) is 12.2 Å². The smallest absolute Gasteiger partial charge is 0.331 e. The molecule has 5 nitrogen and oxygen atoms in total. The van der Waals surface area contributed by atoms with Crippen LogP contribution in [0.2, 0.25) is 0 Å². The van der Waals surface area contributed by atoms with E-state index in [1.54, 1.807) is 0 Å². The second kappa shape index (κ2) is 6.36. The molecule has 0 rings (SSSR count). The average molecular weight is 173 g/mol. The summed E-state index contributed by atoms with van der Waals surface area (Å²) >= 11 is 0. The molecule has 0 fully saturated rings. The molecule has 0 saturated heterocycles. The van der Waals surface area contributed by atoms with Crippen molar-refractivity contribution < 1.29 is 19.4 Å². The fourth-order valence-corrected chi connectivity index (χ4v) is 0.444. The minimum atomic E-state index is -1.18. The number of carbonyl (C=O) groups excluding carboxylic acids is 1. The van der Waals surface area contributed by atoms with E-state index in [4.69, 9.17) is 10.8 Å². The van der Waals surface area contributed by atoms with Gasteiger partial charge in [0.25, 0.3) is 0 Å². The molecule has 0 aliphatic heterocycles. The highest BCUT2D eigenvalue weighted by Crippen LogP contribution is 1.84. The Morgan fingerprint density at radius 1 is 1.42 bits per heavy atom. The Bertz CT molecular complexity index is 188. The average Bonchev–Trinajstić information content (AvgIpc) is 2.01. The summed E-state index contributed by atoms with van der Waals surface area (Å²) in [6, 6.07) is 0. The van der Waals surface area contributed by atoms with E-state index in [1.807, 2.05) is 0 Å². The van der Waals surface area contributed by atoms with Crippen molar-refractivity contribution in [2.75, 3.05) is 13.2 Å². The van der Waals surface area contributed by atoms with Gasteiger partial charge >= 0.3 is 11.9 Å². The van der Waals surface area contributed by atoms with Crippen LogP contribution in [0.15, 0.2) is 12.2 Å². The first-order valence-electron chi connectivity index (χ1n) is 3.44. The van der Waals surface area contributed by atoms with E-state index in [0.29, 0.717) is 13.0 Å². The molecular formula is C7H11NO4. The van der Waals surface area contributed by atoms with E-state index in [1.165, 1.54) is 0 Å². The quantitative estimate of drug-likeness (QED) is 0.333. The monoisotopic (exact) mass is 173 g/mol. The highest BCUT2D eigenvalue weighted by atomic mass is 16.5. The standard InChI is InChI=1S/C7H11NO4/c8-4-1-5-12-7(11)3-2-6(9)10/h2-3H,1,4-5,8H2,(H,9,10)/b3-2-. The molecule has 0 aliphatic carbocycles. The lowest BCUT2D eigenvalue weighted by atomic mass is 10.4. The molecule has 0 saturated carbocycles. The van der Waals surface area contributed by atoms with Crippen LogP contribution in [-0.4, -0.2) is 30.2 Å². The number of nitrogens with two attached hydrogens (primary N) is 1. The van der Waals surface area contributed by atoms with Gasteiger partial charge in [-0.05, 0) is 13.0 Å². The van der Waals surface area contributed by atoms with Crippen LogP contribution < -0.4 is 5.73 Å².